The van der Waals surface area contributed by atoms with Gasteiger partial charge in [-0.3, -0.25) is 4.79 Å². The van der Waals surface area contributed by atoms with Crippen LogP contribution in [0, 0.1) is 0 Å². The highest BCUT2D eigenvalue weighted by atomic mass is 32.2. The van der Waals surface area contributed by atoms with Gasteiger partial charge in [0.1, 0.15) is 11.2 Å². The molecular formula is C32H53N3O8S. The van der Waals surface area contributed by atoms with Crippen molar-refractivity contribution in [2.75, 3.05) is 26.0 Å². The quantitative estimate of drug-likeness (QED) is 0.238. The fourth-order valence-electron chi connectivity index (χ4n) is 5.66. The zero-order chi connectivity index (χ0) is 32.5. The normalized spacial score (nSPS) is 23.2. The standard InChI is InChI=1S/C32H53N3O8S/c1-31(2,3)42-29(36)15-8-9-21-40-28-14-10-12-25(33-28)23-16-18-24(19-17-23)41-22-27-26(34-44(7,38)39)13-11-20-35(27)30(37)43-32(4,5)6/h10,12,14,23-24,26-27,34H,8-9,11,13,15-22H2,1-7H3. The van der Waals surface area contributed by atoms with Crippen LogP contribution in [0.1, 0.15) is 111 Å². The SMILES string of the molecule is CC(C)(C)OC(=O)CCCCOc1cccc(C2CCC(OCC3C(NS(C)(=O)=O)CCCN3C(=O)OC(C)(C)C)CC2)n1. The summed E-state index contributed by atoms with van der Waals surface area (Å²) in [5.74, 6) is 0.682. The smallest absolute Gasteiger partial charge is 0.410 e. The van der Waals surface area contributed by atoms with Crippen molar-refractivity contribution in [3.63, 3.8) is 0 Å². The first kappa shape index (κ1) is 36.0. The van der Waals surface area contributed by atoms with Crippen molar-refractivity contribution < 1.29 is 37.0 Å². The second-order valence-corrected chi connectivity index (χ2v) is 15.8. The number of pyridine rings is 1. The van der Waals surface area contributed by atoms with Gasteiger partial charge in [0.25, 0.3) is 0 Å². The highest BCUT2D eigenvalue weighted by molar-refractivity contribution is 7.88. The van der Waals surface area contributed by atoms with Crippen molar-refractivity contribution in [1.82, 2.24) is 14.6 Å². The van der Waals surface area contributed by atoms with Crippen molar-refractivity contribution in [2.45, 2.75) is 135 Å². The van der Waals surface area contributed by atoms with Crippen molar-refractivity contribution in [3.8, 4) is 5.88 Å². The molecule has 0 spiro atoms. The van der Waals surface area contributed by atoms with E-state index in [4.69, 9.17) is 23.9 Å². The molecule has 1 aromatic rings. The highest BCUT2D eigenvalue weighted by Crippen LogP contribution is 2.34. The number of hydrogen-bond donors (Lipinski definition) is 1. The molecule has 1 saturated carbocycles. The summed E-state index contributed by atoms with van der Waals surface area (Å²) in [5.41, 5.74) is -0.131. The lowest BCUT2D eigenvalue weighted by Gasteiger charge is -2.42. The second kappa shape index (κ2) is 15.7. The van der Waals surface area contributed by atoms with Gasteiger partial charge in [0, 0.05) is 36.7 Å². The van der Waals surface area contributed by atoms with Gasteiger partial charge >= 0.3 is 12.1 Å². The van der Waals surface area contributed by atoms with Crippen LogP contribution in [0.15, 0.2) is 18.2 Å². The Morgan fingerprint density at radius 2 is 1.66 bits per heavy atom. The van der Waals surface area contributed by atoms with Crippen molar-refractivity contribution >= 4 is 22.1 Å². The van der Waals surface area contributed by atoms with Crippen LogP contribution in [0.4, 0.5) is 4.79 Å². The Labute approximate surface area is 263 Å². The van der Waals surface area contributed by atoms with Gasteiger partial charge in [-0.15, -0.1) is 0 Å². The zero-order valence-corrected chi connectivity index (χ0v) is 28.4. The van der Waals surface area contributed by atoms with E-state index in [0.29, 0.717) is 44.7 Å². The van der Waals surface area contributed by atoms with E-state index < -0.39 is 39.4 Å². The third kappa shape index (κ3) is 12.9. The van der Waals surface area contributed by atoms with Gasteiger partial charge in [-0.05, 0) is 99.0 Å². The largest absolute Gasteiger partial charge is 0.478 e. The number of ether oxygens (including phenoxy) is 4. The van der Waals surface area contributed by atoms with Crippen LogP contribution in [-0.2, 0) is 29.0 Å². The lowest BCUT2D eigenvalue weighted by Crippen LogP contribution is -2.59. The molecule has 1 saturated heterocycles. The van der Waals surface area contributed by atoms with Crippen molar-refractivity contribution in [2.24, 2.45) is 0 Å². The summed E-state index contributed by atoms with van der Waals surface area (Å²) in [5, 5.41) is 0. The number of carbonyl (C=O) groups excluding carboxylic acids is 2. The molecule has 1 amide bonds. The molecule has 3 rings (SSSR count). The molecule has 2 unspecified atom stereocenters. The van der Waals surface area contributed by atoms with E-state index in [1.54, 1.807) is 4.90 Å². The minimum Gasteiger partial charge on any atom is -0.478 e. The summed E-state index contributed by atoms with van der Waals surface area (Å²) >= 11 is 0. The maximum atomic E-state index is 13.0. The Kier molecular flexibility index (Phi) is 12.9. The molecule has 1 aliphatic heterocycles. The van der Waals surface area contributed by atoms with E-state index in [1.165, 1.54) is 0 Å². The fraction of sp³-hybridized carbons (Fsp3) is 0.781. The molecule has 0 aromatic carbocycles. The average Bonchev–Trinajstić information content (AvgIpc) is 2.90. The third-order valence-electron chi connectivity index (χ3n) is 7.56. The van der Waals surface area contributed by atoms with Crippen LogP contribution < -0.4 is 9.46 Å². The van der Waals surface area contributed by atoms with Gasteiger partial charge in [-0.25, -0.2) is 22.9 Å². The van der Waals surface area contributed by atoms with Crippen molar-refractivity contribution in [1.29, 1.82) is 0 Å². The van der Waals surface area contributed by atoms with Crippen LogP contribution >= 0.6 is 0 Å². The van der Waals surface area contributed by atoms with Gasteiger partial charge < -0.3 is 23.8 Å². The molecule has 1 N–H and O–H groups in total. The number of amides is 1. The summed E-state index contributed by atoms with van der Waals surface area (Å²) in [4.78, 5) is 31.3. The predicted octanol–water partition coefficient (Wildman–Crippen LogP) is 5.33. The number of sulfonamides is 1. The molecule has 2 atom stereocenters. The Balaban J connectivity index is 1.49. The maximum absolute atomic E-state index is 13.0. The topological polar surface area (TPSA) is 133 Å². The first-order valence-corrected chi connectivity index (χ1v) is 17.8. The minimum absolute atomic E-state index is 0.0111. The number of hydrogen-bond acceptors (Lipinski definition) is 9. The van der Waals surface area contributed by atoms with Crippen LogP contribution in [0.5, 0.6) is 5.88 Å². The molecule has 2 fully saturated rings. The van der Waals surface area contributed by atoms with Gasteiger partial charge in [0.15, 0.2) is 0 Å². The number of rotatable bonds is 12. The fourth-order valence-corrected chi connectivity index (χ4v) is 6.49. The summed E-state index contributed by atoms with van der Waals surface area (Å²) in [6.07, 6.45) is 7.29. The van der Waals surface area contributed by atoms with Crippen LogP contribution in [0.2, 0.25) is 0 Å². The predicted molar refractivity (Wildman–Crippen MR) is 168 cm³/mol. The van der Waals surface area contributed by atoms with Crippen LogP contribution in [0.25, 0.3) is 0 Å². The Hall–Kier alpha value is -2.44. The summed E-state index contributed by atoms with van der Waals surface area (Å²) in [6, 6.07) is 4.96. The summed E-state index contributed by atoms with van der Waals surface area (Å²) in [7, 11) is -3.46. The Morgan fingerprint density at radius 1 is 0.977 bits per heavy atom. The second-order valence-electron chi connectivity index (χ2n) is 14.0. The number of likely N-dealkylation sites (tertiary alicyclic amines) is 1. The highest BCUT2D eigenvalue weighted by Gasteiger charge is 2.38. The summed E-state index contributed by atoms with van der Waals surface area (Å²) in [6.45, 7) is 12.2. The molecule has 2 heterocycles. The van der Waals surface area contributed by atoms with Gasteiger partial charge in [0.2, 0.25) is 15.9 Å². The van der Waals surface area contributed by atoms with Crippen LogP contribution in [0.3, 0.4) is 0 Å². The lowest BCUT2D eigenvalue weighted by molar-refractivity contribution is -0.154. The number of unbranched alkanes of at least 4 members (excludes halogenated alkanes) is 1. The molecule has 12 heteroatoms. The number of nitrogens with one attached hydrogen (secondary N) is 1. The zero-order valence-electron chi connectivity index (χ0n) is 27.6. The van der Waals surface area contributed by atoms with Crippen LogP contribution in [-0.4, -0.2) is 85.8 Å². The van der Waals surface area contributed by atoms with E-state index in [2.05, 4.69) is 4.72 Å². The van der Waals surface area contributed by atoms with E-state index >= 15 is 0 Å². The molecule has 0 radical (unpaired) electrons. The monoisotopic (exact) mass is 639 g/mol. The number of esters is 1. The lowest BCUT2D eigenvalue weighted by atomic mass is 9.85. The number of aromatic nitrogens is 1. The Morgan fingerprint density at radius 3 is 2.30 bits per heavy atom. The Bertz CT molecular complexity index is 1190. The van der Waals surface area contributed by atoms with Gasteiger partial charge in [-0.1, -0.05) is 6.07 Å². The first-order chi connectivity index (χ1) is 20.5. The third-order valence-corrected chi connectivity index (χ3v) is 8.29. The molecule has 11 nitrogen and oxygen atoms in total. The number of carbonyl (C=O) groups is 2. The molecule has 0 bridgehead atoms. The number of piperidine rings is 1. The van der Waals surface area contributed by atoms with E-state index in [0.717, 1.165) is 44.1 Å². The molecule has 2 aliphatic rings. The first-order valence-electron chi connectivity index (χ1n) is 15.9. The summed E-state index contributed by atoms with van der Waals surface area (Å²) < 4.78 is 50.1. The van der Waals surface area contributed by atoms with E-state index in [9.17, 15) is 18.0 Å². The minimum atomic E-state index is -3.46. The molecule has 1 aromatic heterocycles. The van der Waals surface area contributed by atoms with Crippen molar-refractivity contribution in [3.05, 3.63) is 23.9 Å². The number of nitrogens with zero attached hydrogens (tertiary/aromatic N) is 2. The van der Waals surface area contributed by atoms with Gasteiger partial charge in [-0.2, -0.15) is 0 Å². The molecule has 250 valence electrons. The molecule has 1 aliphatic carbocycles. The molecule has 44 heavy (non-hydrogen) atoms. The molecular weight excluding hydrogens is 586 g/mol. The maximum Gasteiger partial charge on any atom is 0.410 e. The van der Waals surface area contributed by atoms with E-state index in [-0.39, 0.29) is 24.6 Å². The average molecular weight is 640 g/mol. The van der Waals surface area contributed by atoms with Gasteiger partial charge in [0.05, 0.1) is 31.6 Å². The van der Waals surface area contributed by atoms with E-state index in [1.807, 2.05) is 59.7 Å².